The molecule has 2 atom stereocenters. The Morgan fingerprint density at radius 1 is 1.20 bits per heavy atom. The number of ether oxygens (including phenoxy) is 2. The first-order valence-electron chi connectivity index (χ1n) is 7.69. The smallest absolute Gasteiger partial charge is 0.161 e. The maximum Gasteiger partial charge on any atom is 0.161 e. The van der Waals surface area contributed by atoms with Gasteiger partial charge in [-0.15, -0.1) is 0 Å². The van der Waals surface area contributed by atoms with E-state index in [2.05, 4.69) is 12.3 Å². The largest absolute Gasteiger partial charge is 0.486 e. The molecular weight excluding hydrogens is 252 g/mol. The van der Waals surface area contributed by atoms with Gasteiger partial charge < -0.3 is 9.47 Å². The number of rotatable bonds is 8. The lowest BCUT2D eigenvalue weighted by Crippen LogP contribution is -2.50. The van der Waals surface area contributed by atoms with Crippen LogP contribution in [-0.4, -0.2) is 18.8 Å². The molecule has 1 aromatic rings. The van der Waals surface area contributed by atoms with Crippen molar-refractivity contribution < 1.29 is 9.47 Å². The highest BCUT2D eigenvalue weighted by atomic mass is 16.6. The summed E-state index contributed by atoms with van der Waals surface area (Å²) < 4.78 is 11.7. The van der Waals surface area contributed by atoms with Crippen molar-refractivity contribution in [1.29, 1.82) is 0 Å². The maximum absolute atomic E-state index is 6.00. The third-order valence-corrected chi connectivity index (χ3v) is 3.81. The van der Waals surface area contributed by atoms with Crippen LogP contribution >= 0.6 is 0 Å². The minimum atomic E-state index is -0.0129. The van der Waals surface area contributed by atoms with E-state index in [1.807, 2.05) is 24.3 Å². The summed E-state index contributed by atoms with van der Waals surface area (Å²) in [6, 6.07) is 7.93. The summed E-state index contributed by atoms with van der Waals surface area (Å²) in [4.78, 5) is 0. The highest BCUT2D eigenvalue weighted by Crippen LogP contribution is 2.32. The SMILES string of the molecule is CCCCCCCC(NN)C1COc2ccccc2O1. The monoisotopic (exact) mass is 278 g/mol. The van der Waals surface area contributed by atoms with E-state index in [1.54, 1.807) is 0 Å². The molecule has 1 aliphatic heterocycles. The van der Waals surface area contributed by atoms with Crippen LogP contribution in [0.3, 0.4) is 0 Å². The molecule has 0 saturated heterocycles. The van der Waals surface area contributed by atoms with E-state index in [4.69, 9.17) is 15.3 Å². The van der Waals surface area contributed by atoms with Gasteiger partial charge in [0.2, 0.25) is 0 Å². The van der Waals surface area contributed by atoms with Crippen molar-refractivity contribution in [2.24, 2.45) is 5.84 Å². The van der Waals surface area contributed by atoms with E-state index in [0.717, 1.165) is 17.9 Å². The summed E-state index contributed by atoms with van der Waals surface area (Å²) in [5.74, 6) is 7.32. The Morgan fingerprint density at radius 3 is 2.70 bits per heavy atom. The van der Waals surface area contributed by atoms with Gasteiger partial charge in [-0.1, -0.05) is 51.2 Å². The molecule has 2 unspecified atom stereocenters. The van der Waals surface area contributed by atoms with Crippen LogP contribution in [0.5, 0.6) is 11.5 Å². The topological polar surface area (TPSA) is 56.5 Å². The number of hydrazine groups is 1. The molecule has 0 aliphatic carbocycles. The maximum atomic E-state index is 6.00. The van der Waals surface area contributed by atoms with E-state index in [0.29, 0.717) is 6.61 Å². The van der Waals surface area contributed by atoms with Crippen LogP contribution in [0.2, 0.25) is 0 Å². The number of nitrogens with one attached hydrogen (secondary N) is 1. The normalized spacial score (nSPS) is 18.8. The van der Waals surface area contributed by atoms with Gasteiger partial charge in [0.1, 0.15) is 12.7 Å². The van der Waals surface area contributed by atoms with Crippen LogP contribution in [0.15, 0.2) is 24.3 Å². The second-order valence-corrected chi connectivity index (χ2v) is 5.39. The van der Waals surface area contributed by atoms with E-state index in [9.17, 15) is 0 Å². The van der Waals surface area contributed by atoms with Crippen molar-refractivity contribution in [2.45, 2.75) is 57.6 Å². The standard InChI is InChI=1S/C16H26N2O2/c1-2-3-4-5-6-9-13(18-17)16-12-19-14-10-7-8-11-15(14)20-16/h7-8,10-11,13,16,18H,2-6,9,12,17H2,1H3. The minimum Gasteiger partial charge on any atom is -0.486 e. The Bertz CT molecular complexity index is 398. The Morgan fingerprint density at radius 2 is 1.95 bits per heavy atom. The van der Waals surface area contributed by atoms with Crippen molar-refractivity contribution in [2.75, 3.05) is 6.61 Å². The highest BCUT2D eigenvalue weighted by molar-refractivity contribution is 5.40. The van der Waals surface area contributed by atoms with Crippen LogP contribution < -0.4 is 20.7 Å². The molecular formula is C16H26N2O2. The Balaban J connectivity index is 1.80. The molecule has 0 spiro atoms. The van der Waals surface area contributed by atoms with Gasteiger partial charge >= 0.3 is 0 Å². The average Bonchev–Trinajstić information content (AvgIpc) is 2.50. The van der Waals surface area contributed by atoms with Crippen molar-refractivity contribution >= 4 is 0 Å². The summed E-state index contributed by atoms with van der Waals surface area (Å²) >= 11 is 0. The number of fused-ring (bicyclic) bond motifs is 1. The number of unbranched alkanes of at least 4 members (excludes halogenated alkanes) is 4. The van der Waals surface area contributed by atoms with Gasteiger partial charge in [0.05, 0.1) is 6.04 Å². The molecule has 0 aromatic heterocycles. The summed E-state index contributed by atoms with van der Waals surface area (Å²) in [6.07, 6.45) is 7.34. The lowest BCUT2D eigenvalue weighted by atomic mass is 10.0. The van der Waals surface area contributed by atoms with Crippen LogP contribution in [0.25, 0.3) is 0 Å². The van der Waals surface area contributed by atoms with Gasteiger partial charge in [0.25, 0.3) is 0 Å². The highest BCUT2D eigenvalue weighted by Gasteiger charge is 2.27. The van der Waals surface area contributed by atoms with Crippen molar-refractivity contribution in [3.8, 4) is 11.5 Å². The fraction of sp³-hybridized carbons (Fsp3) is 0.625. The molecule has 3 N–H and O–H groups in total. The molecule has 0 radical (unpaired) electrons. The van der Waals surface area contributed by atoms with Crippen LogP contribution in [-0.2, 0) is 0 Å². The fourth-order valence-electron chi connectivity index (χ4n) is 2.58. The molecule has 1 aliphatic rings. The van der Waals surface area contributed by atoms with Gasteiger partial charge in [-0.25, -0.2) is 0 Å². The van der Waals surface area contributed by atoms with Crippen molar-refractivity contribution in [3.05, 3.63) is 24.3 Å². The van der Waals surface area contributed by atoms with Gasteiger partial charge in [0.15, 0.2) is 11.5 Å². The first kappa shape index (κ1) is 15.1. The molecule has 4 heteroatoms. The lowest BCUT2D eigenvalue weighted by molar-refractivity contribution is 0.0587. The van der Waals surface area contributed by atoms with Crippen LogP contribution in [0.1, 0.15) is 45.4 Å². The molecule has 4 nitrogen and oxygen atoms in total. The number of hydrogen-bond acceptors (Lipinski definition) is 4. The molecule has 0 amide bonds. The third-order valence-electron chi connectivity index (χ3n) is 3.81. The predicted octanol–water partition coefficient (Wildman–Crippen LogP) is 3.02. The molecule has 0 saturated carbocycles. The minimum absolute atomic E-state index is 0.0129. The molecule has 112 valence electrons. The number of hydrogen-bond donors (Lipinski definition) is 2. The first-order valence-corrected chi connectivity index (χ1v) is 7.69. The van der Waals surface area contributed by atoms with Gasteiger partial charge in [-0.05, 0) is 18.6 Å². The molecule has 2 rings (SSSR count). The van der Waals surface area contributed by atoms with Crippen molar-refractivity contribution in [3.63, 3.8) is 0 Å². The van der Waals surface area contributed by atoms with Crippen LogP contribution in [0.4, 0.5) is 0 Å². The zero-order chi connectivity index (χ0) is 14.2. The van der Waals surface area contributed by atoms with E-state index < -0.39 is 0 Å². The summed E-state index contributed by atoms with van der Waals surface area (Å²) in [5.41, 5.74) is 2.89. The van der Waals surface area contributed by atoms with E-state index in [1.165, 1.54) is 32.1 Å². The molecule has 20 heavy (non-hydrogen) atoms. The van der Waals surface area contributed by atoms with E-state index >= 15 is 0 Å². The van der Waals surface area contributed by atoms with Gasteiger partial charge in [-0.2, -0.15) is 0 Å². The second kappa shape index (κ2) is 8.12. The average molecular weight is 278 g/mol. The zero-order valence-corrected chi connectivity index (χ0v) is 12.3. The first-order chi connectivity index (χ1) is 9.85. The van der Waals surface area contributed by atoms with Crippen LogP contribution in [0, 0.1) is 0 Å². The summed E-state index contributed by atoms with van der Waals surface area (Å²) in [6.45, 7) is 2.79. The van der Waals surface area contributed by atoms with E-state index in [-0.39, 0.29) is 12.1 Å². The van der Waals surface area contributed by atoms with Gasteiger partial charge in [-0.3, -0.25) is 11.3 Å². The molecule has 0 fully saturated rings. The molecule has 1 heterocycles. The predicted molar refractivity (Wildman–Crippen MR) is 80.8 cm³/mol. The lowest BCUT2D eigenvalue weighted by Gasteiger charge is -2.31. The number of benzene rings is 1. The summed E-state index contributed by atoms with van der Waals surface area (Å²) in [5, 5.41) is 0. The quantitative estimate of drug-likeness (QED) is 0.436. The number of para-hydroxylation sites is 2. The number of nitrogens with two attached hydrogens (primary N) is 1. The Kier molecular flexibility index (Phi) is 6.15. The molecule has 0 bridgehead atoms. The fourth-order valence-corrected chi connectivity index (χ4v) is 2.58. The second-order valence-electron chi connectivity index (χ2n) is 5.39. The van der Waals surface area contributed by atoms with Gasteiger partial charge in [0, 0.05) is 0 Å². The van der Waals surface area contributed by atoms with Crippen molar-refractivity contribution in [1.82, 2.24) is 5.43 Å². The third kappa shape index (κ3) is 4.12. The summed E-state index contributed by atoms with van der Waals surface area (Å²) in [7, 11) is 0. The Labute approximate surface area is 121 Å². The Hall–Kier alpha value is -1.26. The molecule has 1 aromatic carbocycles. The zero-order valence-electron chi connectivity index (χ0n) is 12.3.